The quantitative estimate of drug-likeness (QED) is 0.865. The van der Waals surface area contributed by atoms with Gasteiger partial charge in [0.15, 0.2) is 0 Å². The van der Waals surface area contributed by atoms with E-state index in [9.17, 15) is 4.79 Å². The monoisotopic (exact) mass is 235 g/mol. The Kier molecular flexibility index (Phi) is 3.82. The summed E-state index contributed by atoms with van der Waals surface area (Å²) in [4.78, 5) is 16.3. The zero-order chi connectivity index (χ0) is 12.3. The molecule has 1 aromatic heterocycles. The van der Waals surface area contributed by atoms with Gasteiger partial charge in [0.2, 0.25) is 5.91 Å². The molecule has 1 aliphatic carbocycles. The topological polar surface area (TPSA) is 46.9 Å². The van der Waals surface area contributed by atoms with Crippen LogP contribution in [0.4, 0.5) is 0 Å². The van der Waals surface area contributed by atoms with E-state index in [0.717, 1.165) is 25.8 Å². The van der Waals surface area contributed by atoms with Gasteiger partial charge in [0.25, 0.3) is 0 Å². The van der Waals surface area contributed by atoms with Crippen molar-refractivity contribution in [1.82, 2.24) is 14.9 Å². The van der Waals surface area contributed by atoms with Crippen LogP contribution >= 0.6 is 0 Å². The van der Waals surface area contributed by atoms with Crippen LogP contribution in [-0.2, 0) is 17.6 Å². The Hall–Kier alpha value is -1.32. The molecule has 94 valence electrons. The van der Waals surface area contributed by atoms with Crippen molar-refractivity contribution in [3.8, 4) is 0 Å². The van der Waals surface area contributed by atoms with Gasteiger partial charge in [-0.25, -0.2) is 4.98 Å². The number of amides is 1. The van der Waals surface area contributed by atoms with Crippen LogP contribution in [0.15, 0.2) is 6.33 Å². The lowest BCUT2D eigenvalue weighted by Gasteiger charge is -2.19. The van der Waals surface area contributed by atoms with Crippen LogP contribution in [0.3, 0.4) is 0 Å². The fourth-order valence-corrected chi connectivity index (χ4v) is 2.35. The van der Waals surface area contributed by atoms with E-state index < -0.39 is 0 Å². The van der Waals surface area contributed by atoms with E-state index >= 15 is 0 Å². The Labute approximate surface area is 102 Å². The second-order valence-electron chi connectivity index (χ2n) is 4.72. The lowest BCUT2D eigenvalue weighted by Crippen LogP contribution is -2.32. The smallest absolute Gasteiger partial charge is 0.242 e. The van der Waals surface area contributed by atoms with Crippen LogP contribution in [0.2, 0.25) is 0 Å². The first-order valence-corrected chi connectivity index (χ1v) is 6.56. The van der Waals surface area contributed by atoms with Gasteiger partial charge in [-0.1, -0.05) is 6.92 Å². The third-order valence-corrected chi connectivity index (χ3v) is 3.41. The van der Waals surface area contributed by atoms with Crippen LogP contribution in [0.1, 0.15) is 50.5 Å². The van der Waals surface area contributed by atoms with E-state index in [1.54, 1.807) is 0 Å². The molecule has 0 aromatic carbocycles. The summed E-state index contributed by atoms with van der Waals surface area (Å²) in [5.41, 5.74) is 2.45. The molecule has 0 radical (unpaired) electrons. The minimum absolute atomic E-state index is 0.0950. The molecular formula is C13H21N3O. The van der Waals surface area contributed by atoms with Crippen LogP contribution in [0.5, 0.6) is 0 Å². The van der Waals surface area contributed by atoms with E-state index in [0.29, 0.717) is 0 Å². The van der Waals surface area contributed by atoms with E-state index in [1.807, 2.05) is 17.8 Å². The highest BCUT2D eigenvalue weighted by molar-refractivity contribution is 5.79. The molecule has 1 aromatic rings. The highest BCUT2D eigenvalue weighted by Crippen LogP contribution is 2.22. The maximum Gasteiger partial charge on any atom is 0.242 e. The average molecular weight is 235 g/mol. The number of hydrogen-bond acceptors (Lipinski definition) is 2. The molecule has 0 fully saturated rings. The number of carbonyl (C=O) groups is 1. The molecule has 0 saturated heterocycles. The number of carbonyl (C=O) groups excluding carboxylic acids is 1. The van der Waals surface area contributed by atoms with Crippen LogP contribution in [-0.4, -0.2) is 22.0 Å². The lowest BCUT2D eigenvalue weighted by molar-refractivity contribution is -0.123. The average Bonchev–Trinajstić information content (AvgIpc) is 2.78. The number of nitrogens with zero attached hydrogens (tertiary/aromatic N) is 2. The molecule has 4 heteroatoms. The van der Waals surface area contributed by atoms with Crippen LogP contribution < -0.4 is 5.32 Å². The SMILES string of the molecule is CCCNC(=O)C(C)n1cnc2c1CCCC2. The first kappa shape index (κ1) is 12.1. The minimum atomic E-state index is -0.143. The minimum Gasteiger partial charge on any atom is -0.354 e. The van der Waals surface area contributed by atoms with E-state index in [2.05, 4.69) is 17.2 Å². The lowest BCUT2D eigenvalue weighted by atomic mass is 10.0. The second kappa shape index (κ2) is 5.34. The molecule has 0 saturated carbocycles. The van der Waals surface area contributed by atoms with Crippen molar-refractivity contribution in [2.24, 2.45) is 0 Å². The fourth-order valence-electron chi connectivity index (χ4n) is 2.35. The van der Waals surface area contributed by atoms with Crippen LogP contribution in [0.25, 0.3) is 0 Å². The molecule has 1 aliphatic rings. The predicted molar refractivity (Wildman–Crippen MR) is 66.9 cm³/mol. The number of nitrogens with one attached hydrogen (secondary N) is 1. The Balaban J connectivity index is 2.11. The van der Waals surface area contributed by atoms with Gasteiger partial charge in [0.1, 0.15) is 6.04 Å². The van der Waals surface area contributed by atoms with Gasteiger partial charge in [-0.05, 0) is 39.0 Å². The van der Waals surface area contributed by atoms with Gasteiger partial charge >= 0.3 is 0 Å². The summed E-state index contributed by atoms with van der Waals surface area (Å²) in [5.74, 6) is 0.0950. The number of aromatic nitrogens is 2. The Morgan fingerprint density at radius 3 is 3.06 bits per heavy atom. The first-order chi connectivity index (χ1) is 8.24. The Morgan fingerprint density at radius 1 is 1.53 bits per heavy atom. The maximum absolute atomic E-state index is 11.9. The summed E-state index contributed by atoms with van der Waals surface area (Å²) in [6, 6.07) is -0.143. The van der Waals surface area contributed by atoms with E-state index in [-0.39, 0.29) is 11.9 Å². The molecule has 1 unspecified atom stereocenters. The number of hydrogen-bond donors (Lipinski definition) is 1. The molecule has 0 spiro atoms. The summed E-state index contributed by atoms with van der Waals surface area (Å²) < 4.78 is 2.04. The maximum atomic E-state index is 11.9. The van der Waals surface area contributed by atoms with Gasteiger partial charge in [0, 0.05) is 12.2 Å². The molecule has 2 rings (SSSR count). The Morgan fingerprint density at radius 2 is 2.29 bits per heavy atom. The van der Waals surface area contributed by atoms with E-state index in [4.69, 9.17) is 0 Å². The summed E-state index contributed by atoms with van der Waals surface area (Å²) in [5, 5.41) is 2.94. The number of imidazole rings is 1. The molecule has 0 aliphatic heterocycles. The summed E-state index contributed by atoms with van der Waals surface area (Å²) in [6.07, 6.45) is 7.35. The summed E-state index contributed by atoms with van der Waals surface area (Å²) >= 11 is 0. The summed E-state index contributed by atoms with van der Waals surface area (Å²) in [7, 11) is 0. The molecular weight excluding hydrogens is 214 g/mol. The van der Waals surface area contributed by atoms with Crippen molar-refractivity contribution in [2.45, 2.75) is 52.0 Å². The molecule has 1 heterocycles. The van der Waals surface area contributed by atoms with Crippen molar-refractivity contribution < 1.29 is 4.79 Å². The normalized spacial score (nSPS) is 16.4. The second-order valence-corrected chi connectivity index (χ2v) is 4.72. The molecule has 1 atom stereocenters. The zero-order valence-corrected chi connectivity index (χ0v) is 10.7. The van der Waals surface area contributed by atoms with Crippen molar-refractivity contribution in [1.29, 1.82) is 0 Å². The molecule has 17 heavy (non-hydrogen) atoms. The predicted octanol–water partition coefficient (Wildman–Crippen LogP) is 1.85. The molecule has 4 nitrogen and oxygen atoms in total. The van der Waals surface area contributed by atoms with Gasteiger partial charge < -0.3 is 9.88 Å². The van der Waals surface area contributed by atoms with Crippen molar-refractivity contribution in [2.75, 3.05) is 6.54 Å². The number of aryl methyl sites for hydroxylation is 1. The van der Waals surface area contributed by atoms with Crippen molar-refractivity contribution in [3.63, 3.8) is 0 Å². The molecule has 1 amide bonds. The Bertz CT molecular complexity index is 397. The first-order valence-electron chi connectivity index (χ1n) is 6.56. The van der Waals surface area contributed by atoms with Gasteiger partial charge in [-0.3, -0.25) is 4.79 Å². The summed E-state index contributed by atoms with van der Waals surface area (Å²) in [6.45, 7) is 4.76. The standard InChI is InChI=1S/C13H21N3O/c1-3-8-14-13(17)10(2)16-9-15-11-6-4-5-7-12(11)16/h9-10H,3-8H2,1-2H3,(H,14,17). The third kappa shape index (κ3) is 2.51. The fraction of sp³-hybridized carbons (Fsp3) is 0.692. The van der Waals surface area contributed by atoms with Crippen molar-refractivity contribution >= 4 is 5.91 Å². The van der Waals surface area contributed by atoms with Crippen LogP contribution in [0, 0.1) is 0 Å². The molecule has 0 bridgehead atoms. The largest absolute Gasteiger partial charge is 0.354 e. The number of fused-ring (bicyclic) bond motifs is 1. The van der Waals surface area contributed by atoms with E-state index in [1.165, 1.54) is 24.2 Å². The van der Waals surface area contributed by atoms with Gasteiger partial charge in [-0.15, -0.1) is 0 Å². The zero-order valence-electron chi connectivity index (χ0n) is 10.7. The van der Waals surface area contributed by atoms with Crippen molar-refractivity contribution in [3.05, 3.63) is 17.7 Å². The molecule has 1 N–H and O–H groups in total. The van der Waals surface area contributed by atoms with Gasteiger partial charge in [-0.2, -0.15) is 0 Å². The highest BCUT2D eigenvalue weighted by atomic mass is 16.2. The third-order valence-electron chi connectivity index (χ3n) is 3.41. The number of rotatable bonds is 4. The van der Waals surface area contributed by atoms with Gasteiger partial charge in [0.05, 0.1) is 12.0 Å². The highest BCUT2D eigenvalue weighted by Gasteiger charge is 2.21.